The van der Waals surface area contributed by atoms with Gasteiger partial charge in [0.1, 0.15) is 6.04 Å². The molecular weight excluding hydrogens is 312 g/mol. The summed E-state index contributed by atoms with van der Waals surface area (Å²) in [6.45, 7) is 1.34. The van der Waals surface area contributed by atoms with Gasteiger partial charge in [-0.2, -0.15) is 0 Å². The maximum atomic E-state index is 11.8. The zero-order chi connectivity index (χ0) is 13.8. The summed E-state index contributed by atoms with van der Waals surface area (Å²) < 4.78 is 5.69. The van der Waals surface area contributed by atoms with Crippen LogP contribution in [0.25, 0.3) is 0 Å². The Bertz CT molecular complexity index is 455. The Labute approximate surface area is 120 Å². The first kappa shape index (κ1) is 14.4. The fraction of sp³-hybridized carbons (Fsp3) is 0.538. The number of esters is 1. The van der Waals surface area contributed by atoms with Crippen molar-refractivity contribution in [3.63, 3.8) is 0 Å². The number of aliphatic hydroxyl groups excluding tert-OH is 1. The molecule has 2 heterocycles. The molecule has 0 radical (unpaired) electrons. The molecule has 1 saturated heterocycles. The molecular formula is C13H17BrN2O3. The third kappa shape index (κ3) is 3.52. The number of carbonyl (C=O) groups is 1. The van der Waals surface area contributed by atoms with Crippen LogP contribution in [0.15, 0.2) is 22.9 Å². The van der Waals surface area contributed by atoms with Crippen molar-refractivity contribution in [1.29, 1.82) is 0 Å². The van der Waals surface area contributed by atoms with Crippen LogP contribution in [0.5, 0.6) is 0 Å². The Morgan fingerprint density at radius 3 is 3.11 bits per heavy atom. The van der Waals surface area contributed by atoms with Gasteiger partial charge in [-0.05, 0) is 46.9 Å². The molecule has 0 unspecified atom stereocenters. The Kier molecular flexibility index (Phi) is 4.90. The Hall–Kier alpha value is -0.980. The van der Waals surface area contributed by atoms with Crippen LogP contribution in [0.1, 0.15) is 18.4 Å². The molecule has 0 aromatic carbocycles. The molecule has 2 rings (SSSR count). The average Bonchev–Trinajstić information content (AvgIpc) is 2.38. The first-order valence-electron chi connectivity index (χ1n) is 6.21. The van der Waals surface area contributed by atoms with E-state index in [0.29, 0.717) is 13.0 Å². The zero-order valence-electron chi connectivity index (χ0n) is 10.8. The molecule has 19 heavy (non-hydrogen) atoms. The SMILES string of the molecule is COC(=O)[C@H]1[C@@H](O)CCCN1Cc1cncc(Br)c1. The second-order valence-corrected chi connectivity index (χ2v) is 5.58. The van der Waals surface area contributed by atoms with Crippen LogP contribution in [0.2, 0.25) is 0 Å². The van der Waals surface area contributed by atoms with Gasteiger partial charge in [0.2, 0.25) is 0 Å². The number of aliphatic hydroxyl groups is 1. The number of rotatable bonds is 3. The van der Waals surface area contributed by atoms with Crippen molar-refractivity contribution in [2.45, 2.75) is 31.5 Å². The lowest BCUT2D eigenvalue weighted by Crippen LogP contribution is -2.52. The van der Waals surface area contributed by atoms with Gasteiger partial charge in [-0.3, -0.25) is 14.7 Å². The predicted molar refractivity (Wildman–Crippen MR) is 73.4 cm³/mol. The number of halogens is 1. The van der Waals surface area contributed by atoms with Gasteiger partial charge in [0.05, 0.1) is 13.2 Å². The molecule has 0 saturated carbocycles. The van der Waals surface area contributed by atoms with E-state index in [1.807, 2.05) is 11.0 Å². The molecule has 0 amide bonds. The minimum atomic E-state index is -0.665. The number of nitrogens with zero attached hydrogens (tertiary/aromatic N) is 2. The molecule has 6 heteroatoms. The fourth-order valence-corrected chi connectivity index (χ4v) is 2.84. The predicted octanol–water partition coefficient (Wildman–Crippen LogP) is 1.34. The Morgan fingerprint density at radius 1 is 1.63 bits per heavy atom. The van der Waals surface area contributed by atoms with Crippen LogP contribution in [-0.2, 0) is 16.1 Å². The summed E-state index contributed by atoms with van der Waals surface area (Å²) in [5, 5.41) is 10.0. The molecule has 5 nitrogen and oxygen atoms in total. The highest BCUT2D eigenvalue weighted by atomic mass is 79.9. The van der Waals surface area contributed by atoms with Crippen LogP contribution in [0, 0.1) is 0 Å². The summed E-state index contributed by atoms with van der Waals surface area (Å²) in [4.78, 5) is 17.9. The van der Waals surface area contributed by atoms with Crippen LogP contribution in [0.3, 0.4) is 0 Å². The zero-order valence-corrected chi connectivity index (χ0v) is 12.3. The van der Waals surface area contributed by atoms with Crippen molar-refractivity contribution in [3.05, 3.63) is 28.5 Å². The third-order valence-corrected chi connectivity index (χ3v) is 3.73. The molecule has 1 aromatic rings. The standard InChI is InChI=1S/C13H17BrN2O3/c1-19-13(18)12-11(17)3-2-4-16(12)8-9-5-10(14)7-15-6-9/h5-7,11-12,17H,2-4,8H2,1H3/t11-,12+/m0/s1. The lowest BCUT2D eigenvalue weighted by atomic mass is 9.98. The van der Waals surface area contributed by atoms with Crippen molar-refractivity contribution in [2.75, 3.05) is 13.7 Å². The molecule has 104 valence electrons. The van der Waals surface area contributed by atoms with Gasteiger partial charge in [-0.15, -0.1) is 0 Å². The lowest BCUT2D eigenvalue weighted by Gasteiger charge is -2.36. The summed E-state index contributed by atoms with van der Waals surface area (Å²) in [6, 6.07) is 1.38. The van der Waals surface area contributed by atoms with Gasteiger partial charge in [-0.1, -0.05) is 0 Å². The first-order chi connectivity index (χ1) is 9.11. The summed E-state index contributed by atoms with van der Waals surface area (Å²) in [5.41, 5.74) is 0.998. The fourth-order valence-electron chi connectivity index (χ4n) is 2.42. The van der Waals surface area contributed by atoms with E-state index in [1.165, 1.54) is 7.11 Å². The summed E-state index contributed by atoms with van der Waals surface area (Å²) in [5.74, 6) is -0.379. The number of piperidine rings is 1. The second kappa shape index (κ2) is 6.45. The van der Waals surface area contributed by atoms with Gasteiger partial charge in [0.15, 0.2) is 0 Å². The monoisotopic (exact) mass is 328 g/mol. The highest BCUT2D eigenvalue weighted by Gasteiger charge is 2.36. The molecule has 0 spiro atoms. The summed E-state index contributed by atoms with van der Waals surface area (Å²) >= 11 is 3.37. The number of hydrogen-bond donors (Lipinski definition) is 1. The maximum Gasteiger partial charge on any atom is 0.325 e. The molecule has 1 N–H and O–H groups in total. The highest BCUT2D eigenvalue weighted by molar-refractivity contribution is 9.10. The first-order valence-corrected chi connectivity index (χ1v) is 7.00. The van der Waals surface area contributed by atoms with Gasteiger partial charge in [0.25, 0.3) is 0 Å². The van der Waals surface area contributed by atoms with Crippen molar-refractivity contribution in [1.82, 2.24) is 9.88 Å². The van der Waals surface area contributed by atoms with E-state index in [4.69, 9.17) is 4.74 Å². The van der Waals surface area contributed by atoms with Crippen LogP contribution in [0.4, 0.5) is 0 Å². The van der Waals surface area contributed by atoms with E-state index in [1.54, 1.807) is 12.4 Å². The number of ether oxygens (including phenoxy) is 1. The highest BCUT2D eigenvalue weighted by Crippen LogP contribution is 2.22. The number of likely N-dealkylation sites (tertiary alicyclic amines) is 1. The van der Waals surface area contributed by atoms with Gasteiger partial charge in [-0.25, -0.2) is 0 Å². The van der Waals surface area contributed by atoms with Crippen molar-refractivity contribution in [2.24, 2.45) is 0 Å². The number of carbonyl (C=O) groups excluding carboxylic acids is 1. The smallest absolute Gasteiger partial charge is 0.325 e. The minimum absolute atomic E-state index is 0.379. The van der Waals surface area contributed by atoms with E-state index in [0.717, 1.165) is 23.0 Å². The Morgan fingerprint density at radius 2 is 2.42 bits per heavy atom. The van der Waals surface area contributed by atoms with Gasteiger partial charge in [0, 0.05) is 23.4 Å². The third-order valence-electron chi connectivity index (χ3n) is 3.29. The van der Waals surface area contributed by atoms with Gasteiger partial charge >= 0.3 is 5.97 Å². The molecule has 0 aliphatic carbocycles. The van der Waals surface area contributed by atoms with Crippen LogP contribution in [-0.4, -0.2) is 46.8 Å². The van der Waals surface area contributed by atoms with E-state index in [2.05, 4.69) is 20.9 Å². The number of methoxy groups -OCH3 is 1. The van der Waals surface area contributed by atoms with Crippen molar-refractivity contribution in [3.8, 4) is 0 Å². The molecule has 0 bridgehead atoms. The quantitative estimate of drug-likeness (QED) is 0.848. The largest absolute Gasteiger partial charge is 0.468 e. The van der Waals surface area contributed by atoms with Crippen molar-refractivity contribution >= 4 is 21.9 Å². The van der Waals surface area contributed by atoms with E-state index in [9.17, 15) is 9.90 Å². The van der Waals surface area contributed by atoms with Crippen molar-refractivity contribution < 1.29 is 14.6 Å². The lowest BCUT2D eigenvalue weighted by molar-refractivity contribution is -0.154. The molecule has 1 aromatic heterocycles. The minimum Gasteiger partial charge on any atom is -0.468 e. The Balaban J connectivity index is 2.14. The molecule has 1 fully saturated rings. The summed E-state index contributed by atoms with van der Waals surface area (Å²) in [7, 11) is 1.35. The number of aromatic nitrogens is 1. The normalized spacial score (nSPS) is 24.2. The van der Waals surface area contributed by atoms with Gasteiger partial charge < -0.3 is 9.84 Å². The summed E-state index contributed by atoms with van der Waals surface area (Å²) in [6.07, 6.45) is 4.32. The van der Waals surface area contributed by atoms with Crippen LogP contribution < -0.4 is 0 Å². The molecule has 1 aliphatic heterocycles. The van der Waals surface area contributed by atoms with E-state index in [-0.39, 0.29) is 5.97 Å². The topological polar surface area (TPSA) is 62.7 Å². The maximum absolute atomic E-state index is 11.8. The number of pyridine rings is 1. The molecule has 1 aliphatic rings. The van der Waals surface area contributed by atoms with E-state index >= 15 is 0 Å². The van der Waals surface area contributed by atoms with E-state index < -0.39 is 12.1 Å². The molecule has 2 atom stereocenters. The number of hydrogen-bond acceptors (Lipinski definition) is 5. The average molecular weight is 329 g/mol. The second-order valence-electron chi connectivity index (χ2n) is 4.66. The van der Waals surface area contributed by atoms with Crippen LogP contribution >= 0.6 is 15.9 Å².